The van der Waals surface area contributed by atoms with Gasteiger partial charge in [0.05, 0.1) is 25.2 Å². The zero-order valence-electron chi connectivity index (χ0n) is 43.4. The second-order valence-corrected chi connectivity index (χ2v) is 20.1. The van der Waals surface area contributed by atoms with Crippen LogP contribution in [0.4, 0.5) is 0 Å². The number of nitrogens with one attached hydrogen (secondary N) is 1. The van der Waals surface area contributed by atoms with E-state index < -0.39 is 18.2 Å². The number of rotatable bonds is 53. The van der Waals surface area contributed by atoms with Crippen LogP contribution in [-0.2, 0) is 14.3 Å². The van der Waals surface area contributed by atoms with Gasteiger partial charge in [-0.05, 0) is 51.4 Å². The maximum Gasteiger partial charge on any atom is 0.306 e. The predicted octanol–water partition coefficient (Wildman–Crippen LogP) is 17.7. The van der Waals surface area contributed by atoms with Crippen LogP contribution in [0.3, 0.4) is 0 Å². The number of ether oxygens (including phenoxy) is 1. The van der Waals surface area contributed by atoms with Crippen LogP contribution in [0.5, 0.6) is 0 Å². The van der Waals surface area contributed by atoms with Gasteiger partial charge in [-0.2, -0.15) is 0 Å². The van der Waals surface area contributed by atoms with Crippen molar-refractivity contribution in [2.24, 2.45) is 0 Å². The van der Waals surface area contributed by atoms with E-state index >= 15 is 0 Å². The largest absolute Gasteiger partial charge is 0.462 e. The molecule has 1 amide bonds. The molecule has 3 N–H and O–H groups in total. The first-order valence-electron chi connectivity index (χ1n) is 28.9. The molecule has 0 aromatic heterocycles. The van der Waals surface area contributed by atoms with Crippen molar-refractivity contribution in [2.75, 3.05) is 6.61 Å². The fourth-order valence-corrected chi connectivity index (χ4v) is 9.19. The van der Waals surface area contributed by atoms with Crippen LogP contribution in [0, 0.1) is 0 Å². The van der Waals surface area contributed by atoms with Crippen molar-refractivity contribution in [1.29, 1.82) is 0 Å². The minimum atomic E-state index is -0.786. The molecular formula is C58H113NO5. The van der Waals surface area contributed by atoms with Crippen LogP contribution < -0.4 is 5.32 Å². The van der Waals surface area contributed by atoms with Crippen LogP contribution in [-0.4, -0.2) is 46.9 Å². The third-order valence-corrected chi connectivity index (χ3v) is 13.6. The summed E-state index contributed by atoms with van der Waals surface area (Å²) >= 11 is 0. The highest BCUT2D eigenvalue weighted by atomic mass is 16.5. The molecule has 0 radical (unpaired) electrons. The fourth-order valence-electron chi connectivity index (χ4n) is 9.19. The average Bonchev–Trinajstić information content (AvgIpc) is 3.29. The molecule has 0 aromatic carbocycles. The summed E-state index contributed by atoms with van der Waals surface area (Å²) in [6.45, 7) is 6.52. The van der Waals surface area contributed by atoms with Gasteiger partial charge in [0.15, 0.2) is 0 Å². The Hall–Kier alpha value is -1.40. The van der Waals surface area contributed by atoms with Gasteiger partial charge in [-0.1, -0.05) is 270 Å². The predicted molar refractivity (Wildman–Crippen MR) is 278 cm³/mol. The quantitative estimate of drug-likeness (QED) is 0.0321. The summed E-state index contributed by atoms with van der Waals surface area (Å²) in [5.41, 5.74) is 0. The molecule has 0 bridgehead atoms. The summed E-state index contributed by atoms with van der Waals surface area (Å²) in [4.78, 5) is 26.2. The first kappa shape index (κ1) is 62.6. The molecule has 0 aliphatic carbocycles. The minimum Gasteiger partial charge on any atom is -0.462 e. The Labute approximate surface area is 399 Å². The number of aliphatic hydroxyl groups excluding tert-OH is 2. The van der Waals surface area contributed by atoms with Gasteiger partial charge in [-0.15, -0.1) is 0 Å². The lowest BCUT2D eigenvalue weighted by Gasteiger charge is -2.24. The molecule has 0 heterocycles. The van der Waals surface area contributed by atoms with Crippen LogP contribution >= 0.6 is 0 Å². The van der Waals surface area contributed by atoms with Crippen molar-refractivity contribution in [1.82, 2.24) is 5.32 Å². The Morgan fingerprint density at radius 1 is 0.438 bits per heavy atom. The number of aliphatic hydroxyl groups is 2. The molecule has 380 valence electrons. The van der Waals surface area contributed by atoms with E-state index in [-0.39, 0.29) is 24.9 Å². The van der Waals surface area contributed by atoms with Crippen LogP contribution in [0.2, 0.25) is 0 Å². The van der Waals surface area contributed by atoms with Crippen molar-refractivity contribution in [3.63, 3.8) is 0 Å². The van der Waals surface area contributed by atoms with Gasteiger partial charge in [0.25, 0.3) is 0 Å². The molecule has 0 rings (SSSR count). The second-order valence-electron chi connectivity index (χ2n) is 20.1. The van der Waals surface area contributed by atoms with Gasteiger partial charge < -0.3 is 20.3 Å². The molecule has 0 fully saturated rings. The fraction of sp³-hybridized carbons (Fsp3) is 0.931. The SMILES string of the molecule is CCCCCCCCCCC/C=C/CCCCCC(CC(=O)NC(CO)C(O)CCCCCCCCCCCCCCCCC)OC(=O)CCCCCCCCCCCCCCCC. The maximum absolute atomic E-state index is 13.3. The molecule has 0 saturated carbocycles. The zero-order chi connectivity index (χ0) is 46.7. The number of carbonyl (C=O) groups excluding carboxylic acids is 2. The zero-order valence-corrected chi connectivity index (χ0v) is 43.4. The number of carbonyl (C=O) groups is 2. The van der Waals surface area contributed by atoms with Crippen molar-refractivity contribution in [2.45, 2.75) is 341 Å². The van der Waals surface area contributed by atoms with Crippen molar-refractivity contribution in [3.8, 4) is 0 Å². The normalized spacial score (nSPS) is 13.1. The van der Waals surface area contributed by atoms with E-state index in [0.717, 1.165) is 57.8 Å². The lowest BCUT2D eigenvalue weighted by molar-refractivity contribution is -0.151. The van der Waals surface area contributed by atoms with E-state index in [9.17, 15) is 19.8 Å². The Morgan fingerprint density at radius 2 is 0.750 bits per heavy atom. The summed E-state index contributed by atoms with van der Waals surface area (Å²) in [7, 11) is 0. The van der Waals surface area contributed by atoms with E-state index in [2.05, 4.69) is 38.2 Å². The number of unbranched alkanes of at least 4 members (excludes halogenated alkanes) is 39. The highest BCUT2D eigenvalue weighted by molar-refractivity contribution is 5.77. The van der Waals surface area contributed by atoms with Crippen LogP contribution in [0.25, 0.3) is 0 Å². The molecule has 0 saturated heterocycles. The van der Waals surface area contributed by atoms with Crippen LogP contribution in [0.15, 0.2) is 12.2 Å². The summed E-state index contributed by atoms with van der Waals surface area (Å²) in [6.07, 6.45) is 59.9. The van der Waals surface area contributed by atoms with Gasteiger partial charge in [-0.3, -0.25) is 9.59 Å². The third-order valence-electron chi connectivity index (χ3n) is 13.6. The van der Waals surface area contributed by atoms with Gasteiger partial charge in [-0.25, -0.2) is 0 Å². The molecule has 3 atom stereocenters. The summed E-state index contributed by atoms with van der Waals surface area (Å²) < 4.78 is 5.96. The average molecular weight is 905 g/mol. The highest BCUT2D eigenvalue weighted by Crippen LogP contribution is 2.19. The first-order chi connectivity index (χ1) is 31.5. The highest BCUT2D eigenvalue weighted by Gasteiger charge is 2.24. The number of hydrogen-bond donors (Lipinski definition) is 3. The second kappa shape index (κ2) is 52.6. The monoisotopic (exact) mass is 904 g/mol. The number of amides is 1. The molecule has 3 unspecified atom stereocenters. The Bertz CT molecular complexity index is 970. The van der Waals surface area contributed by atoms with Crippen molar-refractivity contribution in [3.05, 3.63) is 12.2 Å². The molecule has 64 heavy (non-hydrogen) atoms. The van der Waals surface area contributed by atoms with Gasteiger partial charge in [0.1, 0.15) is 6.10 Å². The smallest absolute Gasteiger partial charge is 0.306 e. The molecule has 0 aliphatic rings. The third kappa shape index (κ3) is 47.1. The Balaban J connectivity index is 4.53. The van der Waals surface area contributed by atoms with Gasteiger partial charge in [0, 0.05) is 6.42 Å². The minimum absolute atomic E-state index is 0.0747. The standard InChI is InChI=1S/C58H113NO5/c1-4-7-10-13-16-19-22-25-28-30-31-34-37-40-43-46-49-54(64-58(63)51-48-45-42-39-36-33-27-24-21-18-15-12-9-6-3)52-57(62)59-55(53-60)56(61)50-47-44-41-38-35-32-29-26-23-20-17-14-11-8-5-2/h31,34,54-56,60-61H,4-30,32-33,35-53H2,1-3H3,(H,59,62)/b34-31+. The number of esters is 1. The molecular weight excluding hydrogens is 791 g/mol. The van der Waals surface area contributed by atoms with Crippen LogP contribution in [0.1, 0.15) is 323 Å². The molecule has 0 spiro atoms. The topological polar surface area (TPSA) is 95.9 Å². The van der Waals surface area contributed by atoms with E-state index in [0.29, 0.717) is 19.3 Å². The maximum atomic E-state index is 13.3. The molecule has 0 aliphatic heterocycles. The summed E-state index contributed by atoms with van der Waals surface area (Å²) in [5, 5.41) is 23.9. The lowest BCUT2D eigenvalue weighted by atomic mass is 10.0. The van der Waals surface area contributed by atoms with Gasteiger partial charge >= 0.3 is 5.97 Å². The van der Waals surface area contributed by atoms with E-state index in [1.165, 1.54) is 218 Å². The lowest BCUT2D eigenvalue weighted by Crippen LogP contribution is -2.46. The van der Waals surface area contributed by atoms with Crippen molar-refractivity contribution >= 4 is 11.9 Å². The van der Waals surface area contributed by atoms with E-state index in [1.807, 2.05) is 0 Å². The molecule has 6 heteroatoms. The van der Waals surface area contributed by atoms with Crippen molar-refractivity contribution < 1.29 is 24.5 Å². The summed E-state index contributed by atoms with van der Waals surface area (Å²) in [6, 6.07) is -0.701. The Kier molecular flexibility index (Phi) is 51.4. The first-order valence-corrected chi connectivity index (χ1v) is 28.9. The van der Waals surface area contributed by atoms with E-state index in [4.69, 9.17) is 4.74 Å². The number of hydrogen-bond acceptors (Lipinski definition) is 5. The molecule has 6 nitrogen and oxygen atoms in total. The summed E-state index contributed by atoms with van der Waals surface area (Å²) in [5.74, 6) is -0.466. The van der Waals surface area contributed by atoms with Gasteiger partial charge in [0.2, 0.25) is 5.91 Å². The molecule has 0 aromatic rings. The van der Waals surface area contributed by atoms with E-state index in [1.54, 1.807) is 0 Å². The number of allylic oxidation sites excluding steroid dienone is 2. The Morgan fingerprint density at radius 3 is 1.12 bits per heavy atom.